The number of hydrogen-bond donors (Lipinski definition) is 1. The van der Waals surface area contributed by atoms with Crippen LogP contribution in [-0.2, 0) is 4.74 Å². The quantitative estimate of drug-likeness (QED) is 0.514. The van der Waals surface area contributed by atoms with Gasteiger partial charge in [-0.2, -0.15) is 0 Å². The van der Waals surface area contributed by atoms with Crippen molar-refractivity contribution in [3.63, 3.8) is 0 Å². The number of nitrogens with one attached hydrogen (secondary N) is 1. The third-order valence-electron chi connectivity index (χ3n) is 4.23. The molecular weight excluding hydrogens is 338 g/mol. The van der Waals surface area contributed by atoms with Gasteiger partial charge in [-0.05, 0) is 55.5 Å². The number of anilines is 2. The first-order chi connectivity index (χ1) is 13.3. The molecule has 5 heteroatoms. The summed E-state index contributed by atoms with van der Waals surface area (Å²) in [6.07, 6.45) is 0. The zero-order valence-electron chi connectivity index (χ0n) is 14.9. The predicted octanol–water partition coefficient (Wildman–Crippen LogP) is 4.95. The first-order valence-corrected chi connectivity index (χ1v) is 8.83. The maximum Gasteiger partial charge on any atom is 0.338 e. The van der Waals surface area contributed by atoms with E-state index < -0.39 is 0 Å². The van der Waals surface area contributed by atoms with Gasteiger partial charge in [0, 0.05) is 11.4 Å². The number of esters is 1. The molecule has 0 atom stereocenters. The number of fused-ring (bicyclic) bond motifs is 1. The van der Waals surface area contributed by atoms with E-state index in [9.17, 15) is 4.79 Å². The Kier molecular flexibility index (Phi) is 4.58. The second-order valence-electron chi connectivity index (χ2n) is 6.02. The smallest absolute Gasteiger partial charge is 0.338 e. The van der Waals surface area contributed by atoms with Crippen LogP contribution in [0.25, 0.3) is 16.7 Å². The average Bonchev–Trinajstić information content (AvgIpc) is 3.07. The molecule has 27 heavy (non-hydrogen) atoms. The average molecular weight is 357 g/mol. The number of benzene rings is 3. The molecule has 0 fully saturated rings. The van der Waals surface area contributed by atoms with Crippen molar-refractivity contribution in [1.82, 2.24) is 9.55 Å². The number of carbonyl (C=O) groups excluding carboxylic acids is 1. The summed E-state index contributed by atoms with van der Waals surface area (Å²) in [7, 11) is 0. The van der Waals surface area contributed by atoms with Crippen molar-refractivity contribution in [2.45, 2.75) is 6.92 Å². The number of rotatable bonds is 5. The molecule has 0 saturated carbocycles. The van der Waals surface area contributed by atoms with Crippen LogP contribution < -0.4 is 5.32 Å². The molecule has 1 aromatic heterocycles. The van der Waals surface area contributed by atoms with Crippen LogP contribution >= 0.6 is 0 Å². The SMILES string of the molecule is CCOC(=O)c1ccc(Nc2nc3ccccc3n2-c2ccccc2)cc1. The highest BCUT2D eigenvalue weighted by atomic mass is 16.5. The van der Waals surface area contributed by atoms with E-state index in [0.29, 0.717) is 18.1 Å². The number of para-hydroxylation sites is 3. The van der Waals surface area contributed by atoms with Crippen molar-refractivity contribution in [2.75, 3.05) is 11.9 Å². The van der Waals surface area contributed by atoms with Crippen molar-refractivity contribution >= 4 is 28.6 Å². The predicted molar refractivity (Wildman–Crippen MR) is 107 cm³/mol. The van der Waals surface area contributed by atoms with Gasteiger partial charge in [-0.25, -0.2) is 9.78 Å². The lowest BCUT2D eigenvalue weighted by atomic mass is 10.2. The molecular formula is C22H19N3O2. The van der Waals surface area contributed by atoms with Crippen LogP contribution in [0.3, 0.4) is 0 Å². The Morgan fingerprint density at radius 3 is 2.41 bits per heavy atom. The summed E-state index contributed by atoms with van der Waals surface area (Å²) in [6, 6.07) is 25.3. The fourth-order valence-corrected chi connectivity index (χ4v) is 2.98. The molecule has 0 bridgehead atoms. The van der Waals surface area contributed by atoms with Crippen LogP contribution in [0.2, 0.25) is 0 Å². The number of hydrogen-bond acceptors (Lipinski definition) is 4. The summed E-state index contributed by atoms with van der Waals surface area (Å²) in [4.78, 5) is 16.5. The Labute approximate surface area is 157 Å². The minimum atomic E-state index is -0.319. The molecule has 5 nitrogen and oxygen atoms in total. The molecule has 0 unspecified atom stereocenters. The molecule has 0 aliphatic rings. The van der Waals surface area contributed by atoms with Gasteiger partial charge in [-0.15, -0.1) is 0 Å². The first-order valence-electron chi connectivity index (χ1n) is 8.83. The first kappa shape index (κ1) is 16.8. The van der Waals surface area contributed by atoms with Crippen LogP contribution in [0.4, 0.5) is 11.6 Å². The normalized spacial score (nSPS) is 10.7. The van der Waals surface area contributed by atoms with Crippen LogP contribution in [0.15, 0.2) is 78.9 Å². The Bertz CT molecular complexity index is 1070. The van der Waals surface area contributed by atoms with Gasteiger partial charge in [-0.1, -0.05) is 30.3 Å². The van der Waals surface area contributed by atoms with Crippen LogP contribution in [0, 0.1) is 0 Å². The fraction of sp³-hybridized carbons (Fsp3) is 0.0909. The maximum absolute atomic E-state index is 11.8. The lowest BCUT2D eigenvalue weighted by molar-refractivity contribution is 0.0526. The lowest BCUT2D eigenvalue weighted by Crippen LogP contribution is -2.05. The van der Waals surface area contributed by atoms with Gasteiger partial charge < -0.3 is 10.1 Å². The minimum Gasteiger partial charge on any atom is -0.462 e. The summed E-state index contributed by atoms with van der Waals surface area (Å²) in [5, 5.41) is 3.36. The van der Waals surface area contributed by atoms with Crippen LogP contribution in [0.5, 0.6) is 0 Å². The Morgan fingerprint density at radius 1 is 0.963 bits per heavy atom. The van der Waals surface area contributed by atoms with E-state index in [4.69, 9.17) is 9.72 Å². The van der Waals surface area contributed by atoms with E-state index in [2.05, 4.69) is 9.88 Å². The highest BCUT2D eigenvalue weighted by molar-refractivity contribution is 5.90. The third-order valence-corrected chi connectivity index (χ3v) is 4.23. The standard InChI is InChI=1S/C22H19N3O2/c1-2-27-21(26)16-12-14-17(15-13-16)23-22-24-19-10-6-7-11-20(19)25(22)18-8-4-3-5-9-18/h3-15H,2H2,1H3,(H,23,24). The fourth-order valence-electron chi connectivity index (χ4n) is 2.98. The molecule has 1 N–H and O–H groups in total. The topological polar surface area (TPSA) is 56.1 Å². The van der Waals surface area contributed by atoms with Gasteiger partial charge in [0.2, 0.25) is 5.95 Å². The lowest BCUT2D eigenvalue weighted by Gasteiger charge is -2.11. The highest BCUT2D eigenvalue weighted by Gasteiger charge is 2.13. The van der Waals surface area contributed by atoms with Gasteiger partial charge in [-0.3, -0.25) is 4.57 Å². The van der Waals surface area contributed by atoms with Gasteiger partial charge in [0.1, 0.15) is 0 Å². The Morgan fingerprint density at radius 2 is 1.67 bits per heavy atom. The summed E-state index contributed by atoms with van der Waals surface area (Å²) < 4.78 is 7.11. The third kappa shape index (κ3) is 3.40. The molecule has 0 spiro atoms. The molecule has 1 heterocycles. The van der Waals surface area contributed by atoms with E-state index in [1.165, 1.54) is 0 Å². The molecule has 0 radical (unpaired) electrons. The Hall–Kier alpha value is -3.60. The number of carbonyl (C=O) groups is 1. The second-order valence-corrected chi connectivity index (χ2v) is 6.02. The molecule has 134 valence electrons. The summed E-state index contributed by atoms with van der Waals surface area (Å²) in [5.74, 6) is 0.395. The molecule has 4 rings (SSSR count). The monoisotopic (exact) mass is 357 g/mol. The number of imidazole rings is 1. The number of aromatic nitrogens is 2. The van der Waals surface area contributed by atoms with Crippen molar-refractivity contribution in [3.05, 3.63) is 84.4 Å². The van der Waals surface area contributed by atoms with Crippen LogP contribution in [0.1, 0.15) is 17.3 Å². The van der Waals surface area contributed by atoms with Crippen LogP contribution in [-0.4, -0.2) is 22.1 Å². The molecule has 4 aromatic rings. The molecule has 3 aromatic carbocycles. The van der Waals surface area contributed by atoms with E-state index >= 15 is 0 Å². The number of ether oxygens (including phenoxy) is 1. The van der Waals surface area contributed by atoms with Crippen molar-refractivity contribution < 1.29 is 9.53 Å². The largest absolute Gasteiger partial charge is 0.462 e. The second kappa shape index (κ2) is 7.33. The Balaban J connectivity index is 1.71. The number of nitrogens with zero attached hydrogens (tertiary/aromatic N) is 2. The van der Waals surface area contributed by atoms with E-state index in [0.717, 1.165) is 22.4 Å². The van der Waals surface area contributed by atoms with E-state index in [1.807, 2.05) is 66.7 Å². The van der Waals surface area contributed by atoms with Crippen molar-refractivity contribution in [3.8, 4) is 5.69 Å². The van der Waals surface area contributed by atoms with Gasteiger partial charge in [0.15, 0.2) is 0 Å². The van der Waals surface area contributed by atoms with Gasteiger partial charge >= 0.3 is 5.97 Å². The maximum atomic E-state index is 11.8. The molecule has 0 aliphatic heterocycles. The van der Waals surface area contributed by atoms with E-state index in [1.54, 1.807) is 19.1 Å². The van der Waals surface area contributed by atoms with Crippen molar-refractivity contribution in [1.29, 1.82) is 0 Å². The van der Waals surface area contributed by atoms with E-state index in [-0.39, 0.29) is 5.97 Å². The minimum absolute atomic E-state index is 0.319. The van der Waals surface area contributed by atoms with Crippen molar-refractivity contribution in [2.24, 2.45) is 0 Å². The molecule has 0 saturated heterocycles. The van der Waals surface area contributed by atoms with Gasteiger partial charge in [0.25, 0.3) is 0 Å². The summed E-state index contributed by atoms with van der Waals surface area (Å²) in [5.41, 5.74) is 4.33. The van der Waals surface area contributed by atoms with Gasteiger partial charge in [0.05, 0.1) is 23.2 Å². The molecule has 0 aliphatic carbocycles. The molecule has 0 amide bonds. The highest BCUT2D eigenvalue weighted by Crippen LogP contribution is 2.27. The zero-order chi connectivity index (χ0) is 18.6. The zero-order valence-corrected chi connectivity index (χ0v) is 14.9. The summed E-state index contributed by atoms with van der Waals surface area (Å²) in [6.45, 7) is 2.15. The summed E-state index contributed by atoms with van der Waals surface area (Å²) >= 11 is 0.